The van der Waals surface area contributed by atoms with Crippen LogP contribution in [0, 0.1) is 5.41 Å². The first-order valence-electron chi connectivity index (χ1n) is 9.41. The Hall–Kier alpha value is -2.57. The van der Waals surface area contributed by atoms with Crippen LogP contribution in [0.25, 0.3) is 0 Å². The van der Waals surface area contributed by atoms with Crippen LogP contribution in [0.15, 0.2) is 22.7 Å². The molecule has 4 rings (SSSR count). The van der Waals surface area contributed by atoms with E-state index in [1.807, 2.05) is 30.9 Å². The third-order valence-electron chi connectivity index (χ3n) is 5.26. The molecule has 1 atom stereocenters. The van der Waals surface area contributed by atoms with Crippen molar-refractivity contribution in [2.75, 3.05) is 13.3 Å². The molecule has 0 bridgehead atoms. The Balaban J connectivity index is 1.46. The molecule has 2 aliphatic heterocycles. The van der Waals surface area contributed by atoms with E-state index in [9.17, 15) is 4.79 Å². The maximum atomic E-state index is 12.4. The van der Waals surface area contributed by atoms with Crippen molar-refractivity contribution in [3.63, 3.8) is 0 Å². The molecule has 2 aromatic rings. The van der Waals surface area contributed by atoms with E-state index in [2.05, 4.69) is 23.1 Å². The Morgan fingerprint density at radius 2 is 2.07 bits per heavy atom. The van der Waals surface area contributed by atoms with Crippen LogP contribution in [0.5, 0.6) is 11.5 Å². The summed E-state index contributed by atoms with van der Waals surface area (Å²) in [7, 11) is 0. The van der Waals surface area contributed by atoms with Crippen LogP contribution in [-0.4, -0.2) is 34.3 Å². The third-order valence-corrected chi connectivity index (χ3v) is 5.26. The van der Waals surface area contributed by atoms with Gasteiger partial charge < -0.3 is 18.9 Å². The van der Waals surface area contributed by atoms with Gasteiger partial charge in [-0.15, -0.1) is 0 Å². The number of benzene rings is 1. The Bertz CT molecular complexity index is 848. The number of carbonyl (C=O) groups is 1. The largest absolute Gasteiger partial charge is 0.454 e. The van der Waals surface area contributed by atoms with Gasteiger partial charge in [0, 0.05) is 18.9 Å². The highest BCUT2D eigenvalue weighted by Gasteiger charge is 2.36. The number of piperidine rings is 1. The zero-order valence-corrected chi connectivity index (χ0v) is 16.0. The summed E-state index contributed by atoms with van der Waals surface area (Å²) in [5.74, 6) is 3.11. The molecule has 1 fully saturated rings. The molecule has 1 amide bonds. The normalized spacial score (nSPS) is 21.9. The van der Waals surface area contributed by atoms with E-state index < -0.39 is 0 Å². The fourth-order valence-corrected chi connectivity index (χ4v) is 3.76. The first-order valence-corrected chi connectivity index (χ1v) is 9.41. The molecule has 0 radical (unpaired) electrons. The number of hydrogen-bond donors (Lipinski definition) is 0. The lowest BCUT2D eigenvalue weighted by molar-refractivity contribution is -0.138. The van der Waals surface area contributed by atoms with E-state index >= 15 is 0 Å². The summed E-state index contributed by atoms with van der Waals surface area (Å²) < 4.78 is 16.2. The van der Waals surface area contributed by atoms with Crippen molar-refractivity contribution in [3.05, 3.63) is 35.5 Å². The second-order valence-corrected chi connectivity index (χ2v) is 8.13. The fraction of sp³-hybridized carbons (Fsp3) is 0.550. The van der Waals surface area contributed by atoms with E-state index in [0.29, 0.717) is 31.2 Å². The van der Waals surface area contributed by atoms with Crippen LogP contribution in [0.3, 0.4) is 0 Å². The molecule has 2 aliphatic rings. The zero-order valence-electron chi connectivity index (χ0n) is 16.0. The van der Waals surface area contributed by atoms with E-state index in [-0.39, 0.29) is 24.0 Å². The van der Waals surface area contributed by atoms with Crippen molar-refractivity contribution in [1.82, 2.24) is 15.0 Å². The maximum absolute atomic E-state index is 12.4. The van der Waals surface area contributed by atoms with Crippen LogP contribution >= 0.6 is 0 Å². The molecule has 1 saturated heterocycles. The van der Waals surface area contributed by atoms with Gasteiger partial charge in [0.05, 0.1) is 6.54 Å². The first kappa shape index (κ1) is 17.8. The van der Waals surface area contributed by atoms with Crippen LogP contribution in [0.2, 0.25) is 0 Å². The minimum atomic E-state index is -0.0114. The van der Waals surface area contributed by atoms with Crippen molar-refractivity contribution in [1.29, 1.82) is 0 Å². The zero-order chi connectivity index (χ0) is 19.0. The molecule has 27 heavy (non-hydrogen) atoms. The average Bonchev–Trinajstić information content (AvgIpc) is 3.27. The molecule has 1 aromatic heterocycles. The molecule has 0 aliphatic carbocycles. The van der Waals surface area contributed by atoms with E-state index in [1.165, 1.54) is 5.56 Å². The lowest BCUT2D eigenvalue weighted by Gasteiger charge is -2.40. The van der Waals surface area contributed by atoms with Crippen molar-refractivity contribution in [2.24, 2.45) is 5.41 Å². The predicted octanol–water partition coefficient (Wildman–Crippen LogP) is 3.29. The number of fused-ring (bicyclic) bond motifs is 1. The van der Waals surface area contributed by atoms with Crippen LogP contribution < -0.4 is 9.47 Å². The number of likely N-dealkylation sites (tertiary alicyclic amines) is 1. The molecule has 144 valence electrons. The van der Waals surface area contributed by atoms with Gasteiger partial charge in [0.15, 0.2) is 17.3 Å². The molecule has 3 heterocycles. The first-order chi connectivity index (χ1) is 12.9. The molecule has 7 nitrogen and oxygen atoms in total. The second-order valence-electron chi connectivity index (χ2n) is 8.13. The van der Waals surface area contributed by atoms with Gasteiger partial charge in [-0.05, 0) is 36.0 Å². The van der Waals surface area contributed by atoms with Crippen LogP contribution in [0.1, 0.15) is 56.8 Å². The Morgan fingerprint density at radius 3 is 2.85 bits per heavy atom. The lowest BCUT2D eigenvalue weighted by atomic mass is 9.76. The summed E-state index contributed by atoms with van der Waals surface area (Å²) in [5, 5.41) is 3.99. The second kappa shape index (κ2) is 6.87. The van der Waals surface area contributed by atoms with Crippen molar-refractivity contribution < 1.29 is 18.8 Å². The van der Waals surface area contributed by atoms with Crippen LogP contribution in [0.4, 0.5) is 0 Å². The monoisotopic (exact) mass is 371 g/mol. The summed E-state index contributed by atoms with van der Waals surface area (Å²) in [6.07, 6.45) is 2.26. The quantitative estimate of drug-likeness (QED) is 0.803. The number of amides is 1. The minimum Gasteiger partial charge on any atom is -0.454 e. The Labute approximate surface area is 158 Å². The number of carbonyl (C=O) groups excluding carboxylic acids is 1. The van der Waals surface area contributed by atoms with Crippen LogP contribution in [-0.2, 0) is 17.8 Å². The highest BCUT2D eigenvalue weighted by atomic mass is 16.7. The van der Waals surface area contributed by atoms with Crippen molar-refractivity contribution >= 4 is 5.91 Å². The van der Waals surface area contributed by atoms with Gasteiger partial charge in [0.1, 0.15) is 0 Å². The Kier molecular flexibility index (Phi) is 4.53. The fourth-order valence-electron chi connectivity index (χ4n) is 3.76. The van der Waals surface area contributed by atoms with E-state index in [0.717, 1.165) is 24.3 Å². The number of ether oxygens (including phenoxy) is 2. The molecule has 1 aromatic carbocycles. The van der Waals surface area contributed by atoms with Gasteiger partial charge in [-0.3, -0.25) is 4.79 Å². The van der Waals surface area contributed by atoms with E-state index in [4.69, 9.17) is 14.0 Å². The number of hydrogen-bond acceptors (Lipinski definition) is 6. The molecule has 0 spiro atoms. The molecular weight excluding hydrogens is 346 g/mol. The molecular formula is C20H25N3O4. The summed E-state index contributed by atoms with van der Waals surface area (Å²) in [4.78, 5) is 18.7. The topological polar surface area (TPSA) is 77.7 Å². The van der Waals surface area contributed by atoms with E-state index in [1.54, 1.807) is 0 Å². The lowest BCUT2D eigenvalue weighted by Crippen LogP contribution is -2.45. The summed E-state index contributed by atoms with van der Waals surface area (Å²) in [5.41, 5.74) is 1.18. The summed E-state index contributed by atoms with van der Waals surface area (Å²) >= 11 is 0. The SMILES string of the molecule is CC(C)c1noc(CN2C[C@](C)(Cc3ccc4c(c3)OCO4)CCC2=O)n1. The molecule has 0 N–H and O–H groups in total. The predicted molar refractivity (Wildman–Crippen MR) is 97.4 cm³/mol. The number of rotatable bonds is 5. The Morgan fingerprint density at radius 1 is 1.26 bits per heavy atom. The molecule has 0 saturated carbocycles. The number of nitrogens with zero attached hydrogens (tertiary/aromatic N) is 3. The maximum Gasteiger partial charge on any atom is 0.246 e. The van der Waals surface area contributed by atoms with Gasteiger partial charge >= 0.3 is 0 Å². The van der Waals surface area contributed by atoms with Gasteiger partial charge in [-0.2, -0.15) is 4.98 Å². The molecule has 7 heteroatoms. The highest BCUT2D eigenvalue weighted by Crippen LogP contribution is 2.38. The van der Waals surface area contributed by atoms with Gasteiger partial charge in [0.25, 0.3) is 0 Å². The summed E-state index contributed by atoms with van der Waals surface area (Å²) in [6.45, 7) is 7.58. The standard InChI is InChI=1S/C20H25N3O4/c1-13(2)19-21-17(27-22-19)10-23-11-20(3,7-6-18(23)24)9-14-4-5-15-16(8-14)26-12-25-15/h4-5,8,13H,6-7,9-12H2,1-3H3/t20-/m0/s1. The smallest absolute Gasteiger partial charge is 0.246 e. The third kappa shape index (κ3) is 3.77. The van der Waals surface area contributed by atoms with Gasteiger partial charge in [-0.1, -0.05) is 32.0 Å². The van der Waals surface area contributed by atoms with Gasteiger partial charge in [0.2, 0.25) is 18.6 Å². The minimum absolute atomic E-state index is 0.0114. The van der Waals surface area contributed by atoms with Crippen molar-refractivity contribution in [3.8, 4) is 11.5 Å². The van der Waals surface area contributed by atoms with Crippen molar-refractivity contribution in [2.45, 2.75) is 52.5 Å². The molecule has 0 unspecified atom stereocenters. The highest BCUT2D eigenvalue weighted by molar-refractivity contribution is 5.77. The van der Waals surface area contributed by atoms with Gasteiger partial charge in [-0.25, -0.2) is 0 Å². The average molecular weight is 371 g/mol. The number of aromatic nitrogens is 2. The summed E-state index contributed by atoms with van der Waals surface area (Å²) in [6, 6.07) is 6.08.